The lowest BCUT2D eigenvalue weighted by molar-refractivity contribution is -0.137. The zero-order valence-electron chi connectivity index (χ0n) is 17.8. The first kappa shape index (κ1) is 24.3. The molecule has 1 saturated heterocycles. The van der Waals surface area contributed by atoms with E-state index in [4.69, 9.17) is 4.74 Å². The van der Waals surface area contributed by atoms with Crippen LogP contribution in [0.1, 0.15) is 34.3 Å². The summed E-state index contributed by atoms with van der Waals surface area (Å²) in [4.78, 5) is 15.3. The Labute approximate surface area is 187 Å². The van der Waals surface area contributed by atoms with Crippen LogP contribution in [0, 0.1) is 11.6 Å². The number of thioether (sulfide) groups is 1. The number of hydrogen-bond donors (Lipinski definition) is 1. The van der Waals surface area contributed by atoms with Gasteiger partial charge in [-0.1, -0.05) is 0 Å². The molecular weight excluding hydrogens is 451 g/mol. The van der Waals surface area contributed by atoms with Crippen molar-refractivity contribution in [2.45, 2.75) is 29.5 Å². The predicted molar refractivity (Wildman–Crippen MR) is 112 cm³/mol. The van der Waals surface area contributed by atoms with Gasteiger partial charge in [0.2, 0.25) is 0 Å². The van der Waals surface area contributed by atoms with Gasteiger partial charge in [-0.15, -0.1) is 11.8 Å². The van der Waals surface area contributed by atoms with E-state index in [1.54, 1.807) is 13.3 Å². The molecule has 32 heavy (non-hydrogen) atoms. The molecule has 1 amide bonds. The number of piperidine rings is 1. The number of likely N-dealkylation sites (N-methyl/N-ethyl adjacent to an activating group) is 1. The summed E-state index contributed by atoms with van der Waals surface area (Å²) in [6.07, 6.45) is -2.14. The van der Waals surface area contributed by atoms with Crippen molar-refractivity contribution in [2.24, 2.45) is 0 Å². The van der Waals surface area contributed by atoms with E-state index in [9.17, 15) is 26.7 Å². The van der Waals surface area contributed by atoms with Gasteiger partial charge in [0.25, 0.3) is 5.91 Å². The number of likely N-dealkylation sites (tertiary alicyclic amines) is 1. The van der Waals surface area contributed by atoms with Crippen LogP contribution in [-0.2, 0) is 11.7 Å². The van der Waals surface area contributed by atoms with Crippen molar-refractivity contribution in [1.29, 1.82) is 0 Å². The summed E-state index contributed by atoms with van der Waals surface area (Å²) in [6, 6.07) is 4.68. The number of nitrogens with one attached hydrogen (secondary N) is 1. The number of hydrogen-bond acceptors (Lipinski definition) is 4. The molecule has 1 aliphatic rings. The molecule has 1 fully saturated rings. The first-order chi connectivity index (χ1) is 15.0. The molecule has 0 radical (unpaired) electrons. The zero-order valence-corrected chi connectivity index (χ0v) is 18.6. The minimum absolute atomic E-state index is 0.00557. The molecule has 2 aromatic carbocycles. The molecule has 174 valence electrons. The number of amides is 1. The van der Waals surface area contributed by atoms with Crippen LogP contribution in [0.25, 0.3) is 0 Å². The molecule has 1 N–H and O–H groups in total. The van der Waals surface area contributed by atoms with Gasteiger partial charge in [0.1, 0.15) is 17.4 Å². The Kier molecular flexibility index (Phi) is 7.04. The van der Waals surface area contributed by atoms with Crippen LogP contribution in [0.4, 0.5) is 22.0 Å². The van der Waals surface area contributed by atoms with E-state index in [1.807, 2.05) is 4.90 Å². The number of carbonyl (C=O) groups excluding carboxylic acids is 1. The van der Waals surface area contributed by atoms with E-state index in [2.05, 4.69) is 5.32 Å². The molecule has 2 aromatic rings. The van der Waals surface area contributed by atoms with E-state index in [-0.39, 0.29) is 28.3 Å². The predicted octanol–water partition coefficient (Wildman–Crippen LogP) is 5.07. The summed E-state index contributed by atoms with van der Waals surface area (Å²) in [5.41, 5.74) is -2.30. The second-order valence-corrected chi connectivity index (χ2v) is 8.60. The van der Waals surface area contributed by atoms with Crippen molar-refractivity contribution in [3.05, 3.63) is 58.7 Å². The Morgan fingerprint density at radius 1 is 1.22 bits per heavy atom. The van der Waals surface area contributed by atoms with Crippen LogP contribution < -0.4 is 10.1 Å². The molecule has 3 rings (SSSR count). The average molecular weight is 474 g/mol. The Hall–Kier alpha value is -2.33. The third kappa shape index (κ3) is 4.85. The van der Waals surface area contributed by atoms with Gasteiger partial charge in [0.05, 0.1) is 23.8 Å². The lowest BCUT2D eigenvalue weighted by atomic mass is 9.81. The van der Waals surface area contributed by atoms with Crippen molar-refractivity contribution in [1.82, 2.24) is 10.2 Å². The monoisotopic (exact) mass is 474 g/mol. The van der Waals surface area contributed by atoms with Crippen LogP contribution in [0.15, 0.2) is 35.2 Å². The number of alkyl halides is 3. The smallest absolute Gasteiger partial charge is 0.416 e. The van der Waals surface area contributed by atoms with E-state index in [1.165, 1.54) is 7.11 Å². The molecule has 0 aliphatic carbocycles. The van der Waals surface area contributed by atoms with Crippen LogP contribution in [-0.4, -0.2) is 44.3 Å². The lowest BCUT2D eigenvalue weighted by Crippen LogP contribution is -2.56. The highest BCUT2D eigenvalue weighted by Crippen LogP contribution is 2.39. The van der Waals surface area contributed by atoms with Crippen LogP contribution in [0.5, 0.6) is 5.75 Å². The Morgan fingerprint density at radius 2 is 1.94 bits per heavy atom. The molecule has 1 heterocycles. The number of benzene rings is 2. The summed E-state index contributed by atoms with van der Waals surface area (Å²) >= 11 is 0.961. The molecule has 0 aromatic heterocycles. The van der Waals surface area contributed by atoms with Gasteiger partial charge >= 0.3 is 6.18 Å². The summed E-state index contributed by atoms with van der Waals surface area (Å²) in [6.45, 7) is 0.908. The van der Waals surface area contributed by atoms with E-state index in [0.29, 0.717) is 19.4 Å². The van der Waals surface area contributed by atoms with Gasteiger partial charge in [0, 0.05) is 17.0 Å². The highest BCUT2D eigenvalue weighted by molar-refractivity contribution is 7.98. The minimum atomic E-state index is -4.62. The largest absolute Gasteiger partial charge is 0.496 e. The SMILES string of the molecule is COc1cc(C(F)(F)F)cc(SC)c1C(=O)NC1(c2cc(F)ccc2F)CCCN(C)C1. The maximum Gasteiger partial charge on any atom is 0.416 e. The third-order valence-electron chi connectivity index (χ3n) is 5.54. The fourth-order valence-electron chi connectivity index (χ4n) is 4.10. The van der Waals surface area contributed by atoms with Crippen LogP contribution in [0.2, 0.25) is 0 Å². The molecular formula is C22H23F5N2O2S. The highest BCUT2D eigenvalue weighted by atomic mass is 32.2. The molecule has 10 heteroatoms. The summed E-state index contributed by atoms with van der Waals surface area (Å²) in [5.74, 6) is -2.30. The molecule has 0 saturated carbocycles. The van der Waals surface area contributed by atoms with Crippen molar-refractivity contribution in [3.8, 4) is 5.75 Å². The molecule has 0 spiro atoms. The van der Waals surface area contributed by atoms with Gasteiger partial charge in [-0.3, -0.25) is 4.79 Å². The number of rotatable bonds is 5. The zero-order chi connectivity index (χ0) is 23.7. The number of nitrogens with zero attached hydrogens (tertiary/aromatic N) is 1. The number of methoxy groups -OCH3 is 1. The van der Waals surface area contributed by atoms with Gasteiger partial charge < -0.3 is 15.0 Å². The number of carbonyl (C=O) groups is 1. The van der Waals surface area contributed by atoms with Crippen molar-refractivity contribution in [2.75, 3.05) is 33.5 Å². The van der Waals surface area contributed by atoms with E-state index in [0.717, 1.165) is 42.1 Å². The highest BCUT2D eigenvalue weighted by Gasteiger charge is 2.41. The number of ether oxygens (including phenoxy) is 1. The van der Waals surface area contributed by atoms with Crippen molar-refractivity contribution >= 4 is 17.7 Å². The Bertz CT molecular complexity index is 989. The Balaban J connectivity index is 2.10. The molecule has 1 atom stereocenters. The van der Waals surface area contributed by atoms with Crippen LogP contribution >= 0.6 is 11.8 Å². The summed E-state index contributed by atoms with van der Waals surface area (Å²) < 4.78 is 73.7. The summed E-state index contributed by atoms with van der Waals surface area (Å²) in [5, 5.41) is 2.81. The second kappa shape index (κ2) is 9.27. The lowest BCUT2D eigenvalue weighted by Gasteiger charge is -2.42. The van der Waals surface area contributed by atoms with Gasteiger partial charge in [-0.2, -0.15) is 13.2 Å². The van der Waals surface area contributed by atoms with Crippen LogP contribution in [0.3, 0.4) is 0 Å². The molecule has 4 nitrogen and oxygen atoms in total. The van der Waals surface area contributed by atoms with Gasteiger partial charge in [-0.05, 0) is 63.0 Å². The topological polar surface area (TPSA) is 41.6 Å². The first-order valence-corrected chi connectivity index (χ1v) is 11.0. The molecule has 0 bridgehead atoms. The average Bonchev–Trinajstić information content (AvgIpc) is 2.73. The Morgan fingerprint density at radius 3 is 2.53 bits per heavy atom. The fourth-order valence-corrected chi connectivity index (χ4v) is 4.74. The summed E-state index contributed by atoms with van der Waals surface area (Å²) in [7, 11) is 2.97. The van der Waals surface area contributed by atoms with Crippen molar-refractivity contribution in [3.63, 3.8) is 0 Å². The van der Waals surface area contributed by atoms with Gasteiger partial charge in [-0.25, -0.2) is 8.78 Å². The maximum absolute atomic E-state index is 14.8. The quantitative estimate of drug-likeness (QED) is 0.486. The third-order valence-corrected chi connectivity index (χ3v) is 6.30. The minimum Gasteiger partial charge on any atom is -0.496 e. The normalized spacial score (nSPS) is 19.6. The molecule has 1 aliphatic heterocycles. The second-order valence-electron chi connectivity index (χ2n) is 7.76. The fraction of sp³-hybridized carbons (Fsp3) is 0.409. The molecule has 1 unspecified atom stereocenters. The van der Waals surface area contributed by atoms with Gasteiger partial charge in [0.15, 0.2) is 0 Å². The maximum atomic E-state index is 14.8. The van der Waals surface area contributed by atoms with E-state index >= 15 is 0 Å². The van der Waals surface area contributed by atoms with E-state index < -0.39 is 34.8 Å². The standard InChI is InChI=1S/C22H23F5N2O2S/c1-29-8-4-7-21(12-29,15-11-14(23)5-6-16(15)24)28-20(30)19-17(31-2)9-13(22(25,26)27)10-18(19)32-3/h5-6,9-11H,4,7-8,12H2,1-3H3,(H,28,30). The number of halogens is 5. The van der Waals surface area contributed by atoms with Crippen molar-refractivity contribution < 1.29 is 31.5 Å². The first-order valence-electron chi connectivity index (χ1n) is 9.80.